The zero-order valence-electron chi connectivity index (χ0n) is 9.09. The third-order valence-corrected chi connectivity index (χ3v) is 2.24. The minimum Gasteiger partial charge on any atom is -0.461 e. The summed E-state index contributed by atoms with van der Waals surface area (Å²) in [5.74, 6) is 1.43. The van der Waals surface area contributed by atoms with Gasteiger partial charge in [-0.05, 0) is 18.6 Å². The average molecular weight is 222 g/mol. The van der Waals surface area contributed by atoms with Crippen LogP contribution < -0.4 is 0 Å². The summed E-state index contributed by atoms with van der Waals surface area (Å²) in [6.07, 6.45) is 3.19. The van der Waals surface area contributed by atoms with Crippen LogP contribution in [0.15, 0.2) is 27.3 Å². The predicted molar refractivity (Wildman–Crippen MR) is 56.6 cm³/mol. The molecule has 2 aromatic rings. The molecule has 0 amide bonds. The highest BCUT2D eigenvalue weighted by Crippen LogP contribution is 2.16. The van der Waals surface area contributed by atoms with Crippen molar-refractivity contribution in [3.63, 3.8) is 0 Å². The monoisotopic (exact) mass is 222 g/mol. The van der Waals surface area contributed by atoms with E-state index in [1.165, 1.54) is 0 Å². The molecule has 1 N–H and O–H groups in total. The lowest BCUT2D eigenvalue weighted by Gasteiger charge is -2.03. The molecule has 16 heavy (non-hydrogen) atoms. The van der Waals surface area contributed by atoms with Gasteiger partial charge in [0.15, 0.2) is 5.76 Å². The minimum atomic E-state index is -0.421. The molecule has 86 valence electrons. The van der Waals surface area contributed by atoms with Gasteiger partial charge in [0.1, 0.15) is 0 Å². The Kier molecular flexibility index (Phi) is 3.36. The van der Waals surface area contributed by atoms with E-state index in [9.17, 15) is 5.11 Å². The maximum absolute atomic E-state index is 9.59. The SMILES string of the molecule is CCCC(O)Cc1nc(-c2ccco2)no1. The summed E-state index contributed by atoms with van der Waals surface area (Å²) < 4.78 is 10.2. The van der Waals surface area contributed by atoms with Crippen molar-refractivity contribution in [2.75, 3.05) is 0 Å². The fraction of sp³-hybridized carbons (Fsp3) is 0.455. The second-order valence-corrected chi connectivity index (χ2v) is 3.64. The number of hydrogen-bond donors (Lipinski definition) is 1. The van der Waals surface area contributed by atoms with Crippen LogP contribution in [-0.2, 0) is 6.42 Å². The van der Waals surface area contributed by atoms with E-state index in [1.54, 1.807) is 18.4 Å². The van der Waals surface area contributed by atoms with Gasteiger partial charge in [0.05, 0.1) is 18.8 Å². The lowest BCUT2D eigenvalue weighted by atomic mass is 10.1. The maximum Gasteiger partial charge on any atom is 0.238 e. The van der Waals surface area contributed by atoms with Crippen molar-refractivity contribution in [2.45, 2.75) is 32.3 Å². The molecule has 0 fully saturated rings. The molecule has 2 heterocycles. The maximum atomic E-state index is 9.59. The Morgan fingerprint density at radius 2 is 2.38 bits per heavy atom. The van der Waals surface area contributed by atoms with Gasteiger partial charge in [-0.2, -0.15) is 4.98 Å². The molecule has 0 aliphatic rings. The molecule has 1 atom stereocenters. The summed E-state index contributed by atoms with van der Waals surface area (Å²) in [4.78, 5) is 4.14. The van der Waals surface area contributed by atoms with Crippen LogP contribution in [0.1, 0.15) is 25.7 Å². The summed E-state index contributed by atoms with van der Waals surface area (Å²) in [5, 5.41) is 13.4. The molecule has 0 aromatic carbocycles. The standard InChI is InChI=1S/C11H14N2O3/c1-2-4-8(14)7-10-12-11(13-16-10)9-5-3-6-15-9/h3,5-6,8,14H,2,4,7H2,1H3. The van der Waals surface area contributed by atoms with E-state index in [2.05, 4.69) is 10.1 Å². The Balaban J connectivity index is 2.03. The highest BCUT2D eigenvalue weighted by Gasteiger charge is 2.13. The molecule has 2 rings (SSSR count). The second-order valence-electron chi connectivity index (χ2n) is 3.64. The highest BCUT2D eigenvalue weighted by molar-refractivity contribution is 5.44. The fourth-order valence-corrected chi connectivity index (χ4v) is 1.48. The van der Waals surface area contributed by atoms with Crippen molar-refractivity contribution in [3.8, 4) is 11.6 Å². The van der Waals surface area contributed by atoms with E-state index in [0.717, 1.165) is 12.8 Å². The number of furan rings is 1. The summed E-state index contributed by atoms with van der Waals surface area (Å²) in [6, 6.07) is 3.52. The largest absolute Gasteiger partial charge is 0.461 e. The molecule has 0 spiro atoms. The van der Waals surface area contributed by atoms with Crippen molar-refractivity contribution >= 4 is 0 Å². The molecule has 0 saturated heterocycles. The zero-order chi connectivity index (χ0) is 11.4. The summed E-state index contributed by atoms with van der Waals surface area (Å²) >= 11 is 0. The Bertz CT molecular complexity index is 422. The number of rotatable bonds is 5. The normalized spacial score (nSPS) is 12.9. The summed E-state index contributed by atoms with van der Waals surface area (Å²) in [5.41, 5.74) is 0. The van der Waals surface area contributed by atoms with Crippen molar-refractivity contribution in [3.05, 3.63) is 24.3 Å². The number of nitrogens with zero attached hydrogens (tertiary/aromatic N) is 2. The fourth-order valence-electron chi connectivity index (χ4n) is 1.48. The Morgan fingerprint density at radius 3 is 3.06 bits per heavy atom. The van der Waals surface area contributed by atoms with E-state index in [4.69, 9.17) is 8.94 Å². The van der Waals surface area contributed by atoms with Gasteiger partial charge in [0.2, 0.25) is 11.7 Å². The molecule has 0 bridgehead atoms. The van der Waals surface area contributed by atoms with E-state index in [1.807, 2.05) is 6.92 Å². The third kappa shape index (κ3) is 2.49. The third-order valence-electron chi connectivity index (χ3n) is 2.24. The molecule has 1 unspecified atom stereocenters. The number of aliphatic hydroxyl groups excluding tert-OH is 1. The molecule has 5 nitrogen and oxygen atoms in total. The van der Waals surface area contributed by atoms with Crippen molar-refractivity contribution in [2.24, 2.45) is 0 Å². The van der Waals surface area contributed by atoms with Gasteiger partial charge in [-0.25, -0.2) is 0 Å². The van der Waals surface area contributed by atoms with Crippen LogP contribution in [0.25, 0.3) is 11.6 Å². The first-order chi connectivity index (χ1) is 7.79. The molecule has 0 saturated carbocycles. The van der Waals surface area contributed by atoms with Crippen molar-refractivity contribution in [1.29, 1.82) is 0 Å². The van der Waals surface area contributed by atoms with Crippen LogP contribution in [0.5, 0.6) is 0 Å². The lowest BCUT2D eigenvalue weighted by molar-refractivity contribution is 0.152. The summed E-state index contributed by atoms with van der Waals surface area (Å²) in [7, 11) is 0. The number of aromatic nitrogens is 2. The van der Waals surface area contributed by atoms with Gasteiger partial charge in [0, 0.05) is 0 Å². The molecule has 5 heteroatoms. The number of aliphatic hydroxyl groups is 1. The van der Waals surface area contributed by atoms with E-state index in [-0.39, 0.29) is 0 Å². The zero-order valence-corrected chi connectivity index (χ0v) is 9.09. The predicted octanol–water partition coefficient (Wildman–Crippen LogP) is 2.03. The minimum absolute atomic E-state index is 0.390. The van der Waals surface area contributed by atoms with Crippen LogP contribution in [0.2, 0.25) is 0 Å². The average Bonchev–Trinajstić information content (AvgIpc) is 2.86. The smallest absolute Gasteiger partial charge is 0.238 e. The van der Waals surface area contributed by atoms with Crippen LogP contribution in [0, 0.1) is 0 Å². The van der Waals surface area contributed by atoms with Gasteiger partial charge in [-0.3, -0.25) is 0 Å². The van der Waals surface area contributed by atoms with Crippen LogP contribution in [0.3, 0.4) is 0 Å². The van der Waals surface area contributed by atoms with Gasteiger partial charge in [-0.15, -0.1) is 0 Å². The highest BCUT2D eigenvalue weighted by atomic mass is 16.5. The van der Waals surface area contributed by atoms with Gasteiger partial charge in [0.25, 0.3) is 0 Å². The lowest BCUT2D eigenvalue weighted by Crippen LogP contribution is -2.09. The molecule has 2 aromatic heterocycles. The molecular weight excluding hydrogens is 208 g/mol. The van der Waals surface area contributed by atoms with Gasteiger partial charge in [-0.1, -0.05) is 18.5 Å². The van der Waals surface area contributed by atoms with Crippen LogP contribution in [0.4, 0.5) is 0 Å². The summed E-state index contributed by atoms with van der Waals surface area (Å²) in [6.45, 7) is 2.02. The second kappa shape index (κ2) is 4.94. The molecular formula is C11H14N2O3. The molecule has 0 aliphatic carbocycles. The molecule has 0 aliphatic heterocycles. The Morgan fingerprint density at radius 1 is 1.50 bits per heavy atom. The van der Waals surface area contributed by atoms with Gasteiger partial charge >= 0.3 is 0 Å². The Hall–Kier alpha value is -1.62. The first-order valence-corrected chi connectivity index (χ1v) is 5.34. The Labute approximate surface area is 93.1 Å². The van der Waals surface area contributed by atoms with Gasteiger partial charge < -0.3 is 14.0 Å². The van der Waals surface area contributed by atoms with Crippen LogP contribution in [-0.4, -0.2) is 21.4 Å². The number of hydrogen-bond acceptors (Lipinski definition) is 5. The first kappa shape index (κ1) is 10.9. The van der Waals surface area contributed by atoms with E-state index < -0.39 is 6.10 Å². The molecule has 0 radical (unpaired) electrons. The first-order valence-electron chi connectivity index (χ1n) is 5.34. The quantitative estimate of drug-likeness (QED) is 0.838. The van der Waals surface area contributed by atoms with E-state index >= 15 is 0 Å². The van der Waals surface area contributed by atoms with E-state index in [0.29, 0.717) is 23.9 Å². The van der Waals surface area contributed by atoms with Crippen LogP contribution >= 0.6 is 0 Å². The van der Waals surface area contributed by atoms with Crippen molar-refractivity contribution < 1.29 is 14.0 Å². The van der Waals surface area contributed by atoms with Crippen molar-refractivity contribution in [1.82, 2.24) is 10.1 Å². The topological polar surface area (TPSA) is 72.3 Å².